The van der Waals surface area contributed by atoms with Gasteiger partial charge >= 0.3 is 0 Å². The molecule has 0 saturated heterocycles. The summed E-state index contributed by atoms with van der Waals surface area (Å²) >= 11 is 3.44. The Labute approximate surface area is 130 Å². The van der Waals surface area contributed by atoms with Crippen molar-refractivity contribution < 1.29 is 0 Å². The van der Waals surface area contributed by atoms with Gasteiger partial charge < -0.3 is 4.98 Å². The molecule has 0 aliphatic rings. The van der Waals surface area contributed by atoms with Crippen LogP contribution in [0.25, 0.3) is 22.6 Å². The van der Waals surface area contributed by atoms with E-state index >= 15 is 0 Å². The first kappa shape index (κ1) is 13.8. The molecule has 0 aliphatic heterocycles. The van der Waals surface area contributed by atoms with E-state index in [0.29, 0.717) is 11.5 Å². The standard InChI is InChI=1S/C17H13BrN2O/c1-11-9-13(18)7-8-14(11)17-19-15(10-16(21)20-17)12-5-3-2-4-6-12/h2-10H,1H3,(H,19,20,21). The SMILES string of the molecule is Cc1cc(Br)ccc1-c1nc(-c2ccccc2)cc(=O)[nH]1. The Morgan fingerprint density at radius 3 is 2.52 bits per heavy atom. The number of nitrogens with one attached hydrogen (secondary N) is 1. The minimum absolute atomic E-state index is 0.152. The molecule has 3 rings (SSSR count). The van der Waals surface area contributed by atoms with Crippen LogP contribution in [0.1, 0.15) is 5.56 Å². The maximum atomic E-state index is 11.9. The third-order valence-electron chi connectivity index (χ3n) is 3.25. The molecule has 1 aromatic heterocycles. The van der Waals surface area contributed by atoms with Gasteiger partial charge in [0, 0.05) is 21.7 Å². The highest BCUT2D eigenvalue weighted by molar-refractivity contribution is 9.10. The normalized spacial score (nSPS) is 10.6. The highest BCUT2D eigenvalue weighted by Gasteiger charge is 2.08. The Bertz CT molecular complexity index is 841. The summed E-state index contributed by atoms with van der Waals surface area (Å²) in [5.41, 5.74) is 3.43. The zero-order valence-corrected chi connectivity index (χ0v) is 13.0. The molecule has 1 N–H and O–H groups in total. The molecule has 21 heavy (non-hydrogen) atoms. The zero-order chi connectivity index (χ0) is 14.8. The molecule has 0 amide bonds. The highest BCUT2D eigenvalue weighted by atomic mass is 79.9. The minimum Gasteiger partial charge on any atom is -0.306 e. The summed E-state index contributed by atoms with van der Waals surface area (Å²) in [6, 6.07) is 17.1. The van der Waals surface area contributed by atoms with E-state index in [9.17, 15) is 4.79 Å². The van der Waals surface area contributed by atoms with Crippen LogP contribution < -0.4 is 5.56 Å². The number of aryl methyl sites for hydroxylation is 1. The second-order valence-corrected chi connectivity index (χ2v) is 5.72. The van der Waals surface area contributed by atoms with Gasteiger partial charge in [-0.25, -0.2) is 4.98 Å². The van der Waals surface area contributed by atoms with Gasteiger partial charge in [-0.05, 0) is 30.7 Å². The second kappa shape index (κ2) is 5.66. The molecule has 0 unspecified atom stereocenters. The predicted molar refractivity (Wildman–Crippen MR) is 88.2 cm³/mol. The number of benzene rings is 2. The molecular formula is C17H13BrN2O. The summed E-state index contributed by atoms with van der Waals surface area (Å²) in [6.07, 6.45) is 0. The van der Waals surface area contributed by atoms with E-state index in [1.165, 1.54) is 6.07 Å². The van der Waals surface area contributed by atoms with Gasteiger partial charge in [0.2, 0.25) is 0 Å². The van der Waals surface area contributed by atoms with Crippen molar-refractivity contribution in [3.05, 3.63) is 75.0 Å². The fraction of sp³-hybridized carbons (Fsp3) is 0.0588. The molecule has 0 radical (unpaired) electrons. The second-order valence-electron chi connectivity index (χ2n) is 4.80. The number of halogens is 1. The summed E-state index contributed by atoms with van der Waals surface area (Å²) in [6.45, 7) is 2.00. The van der Waals surface area contributed by atoms with Crippen LogP contribution in [-0.2, 0) is 0 Å². The lowest BCUT2D eigenvalue weighted by Gasteiger charge is -2.07. The quantitative estimate of drug-likeness (QED) is 0.760. The van der Waals surface area contributed by atoms with Crippen molar-refractivity contribution in [1.82, 2.24) is 9.97 Å². The number of aromatic amines is 1. The first-order chi connectivity index (χ1) is 10.1. The lowest BCUT2D eigenvalue weighted by Crippen LogP contribution is -2.09. The lowest BCUT2D eigenvalue weighted by atomic mass is 10.1. The van der Waals surface area contributed by atoms with Gasteiger partial charge in [0.25, 0.3) is 5.56 Å². The monoisotopic (exact) mass is 340 g/mol. The van der Waals surface area contributed by atoms with Crippen LogP contribution in [0, 0.1) is 6.92 Å². The first-order valence-electron chi connectivity index (χ1n) is 6.57. The third kappa shape index (κ3) is 2.95. The summed E-state index contributed by atoms with van der Waals surface area (Å²) in [5, 5.41) is 0. The van der Waals surface area contributed by atoms with Crippen LogP contribution in [0.4, 0.5) is 0 Å². The van der Waals surface area contributed by atoms with Crippen LogP contribution in [-0.4, -0.2) is 9.97 Å². The van der Waals surface area contributed by atoms with Gasteiger partial charge in [0.15, 0.2) is 0 Å². The lowest BCUT2D eigenvalue weighted by molar-refractivity contribution is 1.13. The smallest absolute Gasteiger partial charge is 0.251 e. The molecule has 2 aromatic carbocycles. The third-order valence-corrected chi connectivity index (χ3v) is 3.75. The molecule has 1 heterocycles. The molecule has 0 aliphatic carbocycles. The number of hydrogen-bond donors (Lipinski definition) is 1. The maximum absolute atomic E-state index is 11.9. The van der Waals surface area contributed by atoms with Gasteiger partial charge in [-0.3, -0.25) is 4.79 Å². The number of rotatable bonds is 2. The summed E-state index contributed by atoms with van der Waals surface area (Å²) < 4.78 is 1.00. The van der Waals surface area contributed by atoms with Crippen LogP contribution in [0.5, 0.6) is 0 Å². The van der Waals surface area contributed by atoms with Gasteiger partial charge in [-0.15, -0.1) is 0 Å². The Kier molecular flexibility index (Phi) is 3.71. The van der Waals surface area contributed by atoms with E-state index in [4.69, 9.17) is 0 Å². The van der Waals surface area contributed by atoms with Crippen molar-refractivity contribution in [2.24, 2.45) is 0 Å². The van der Waals surface area contributed by atoms with E-state index in [1.807, 2.05) is 55.5 Å². The molecule has 0 spiro atoms. The van der Waals surface area contributed by atoms with Gasteiger partial charge in [-0.1, -0.05) is 46.3 Å². The van der Waals surface area contributed by atoms with Gasteiger partial charge in [-0.2, -0.15) is 0 Å². The summed E-state index contributed by atoms with van der Waals surface area (Å²) in [4.78, 5) is 19.3. The number of H-pyrrole nitrogens is 1. The number of hydrogen-bond acceptors (Lipinski definition) is 2. The molecule has 4 heteroatoms. The van der Waals surface area contributed by atoms with Gasteiger partial charge in [0.05, 0.1) is 5.69 Å². The Hall–Kier alpha value is -2.20. The highest BCUT2D eigenvalue weighted by Crippen LogP contribution is 2.24. The van der Waals surface area contributed by atoms with Crippen LogP contribution >= 0.6 is 15.9 Å². The van der Waals surface area contributed by atoms with E-state index in [1.54, 1.807) is 0 Å². The topological polar surface area (TPSA) is 45.8 Å². The zero-order valence-electron chi connectivity index (χ0n) is 11.4. The molecular weight excluding hydrogens is 328 g/mol. The van der Waals surface area contributed by atoms with Crippen molar-refractivity contribution in [1.29, 1.82) is 0 Å². The van der Waals surface area contributed by atoms with Crippen molar-refractivity contribution in [3.63, 3.8) is 0 Å². The molecule has 0 fully saturated rings. The van der Waals surface area contributed by atoms with Crippen molar-refractivity contribution in [3.8, 4) is 22.6 Å². The van der Waals surface area contributed by atoms with Crippen LogP contribution in [0.3, 0.4) is 0 Å². The fourth-order valence-corrected chi connectivity index (χ4v) is 2.71. The van der Waals surface area contributed by atoms with E-state index in [0.717, 1.165) is 21.2 Å². The number of nitrogens with zero attached hydrogens (tertiary/aromatic N) is 1. The number of aromatic nitrogens is 2. The van der Waals surface area contributed by atoms with E-state index < -0.39 is 0 Å². The molecule has 0 bridgehead atoms. The molecule has 0 saturated carbocycles. The van der Waals surface area contributed by atoms with E-state index in [-0.39, 0.29) is 5.56 Å². The average molecular weight is 341 g/mol. The van der Waals surface area contributed by atoms with Crippen molar-refractivity contribution in [2.75, 3.05) is 0 Å². The van der Waals surface area contributed by atoms with Crippen LogP contribution in [0.2, 0.25) is 0 Å². The van der Waals surface area contributed by atoms with E-state index in [2.05, 4.69) is 25.9 Å². The Morgan fingerprint density at radius 1 is 1.05 bits per heavy atom. The molecule has 3 nitrogen and oxygen atoms in total. The average Bonchev–Trinajstić information content (AvgIpc) is 2.47. The molecule has 104 valence electrons. The maximum Gasteiger partial charge on any atom is 0.251 e. The van der Waals surface area contributed by atoms with Crippen molar-refractivity contribution >= 4 is 15.9 Å². The Balaban J connectivity index is 2.16. The predicted octanol–water partition coefficient (Wildman–Crippen LogP) is 4.17. The largest absolute Gasteiger partial charge is 0.306 e. The van der Waals surface area contributed by atoms with Gasteiger partial charge in [0.1, 0.15) is 5.82 Å². The minimum atomic E-state index is -0.152. The summed E-state index contributed by atoms with van der Waals surface area (Å²) in [7, 11) is 0. The fourth-order valence-electron chi connectivity index (χ4n) is 2.23. The Morgan fingerprint density at radius 2 is 1.81 bits per heavy atom. The van der Waals surface area contributed by atoms with Crippen LogP contribution in [0.15, 0.2) is 63.9 Å². The molecule has 3 aromatic rings. The first-order valence-corrected chi connectivity index (χ1v) is 7.36. The molecule has 0 atom stereocenters. The summed E-state index contributed by atoms with van der Waals surface area (Å²) in [5.74, 6) is 0.589. The van der Waals surface area contributed by atoms with Crippen molar-refractivity contribution in [2.45, 2.75) is 6.92 Å².